The van der Waals surface area contributed by atoms with Crippen molar-refractivity contribution in [2.75, 3.05) is 33.9 Å². The Hall–Kier alpha value is -3.07. The van der Waals surface area contributed by atoms with E-state index in [4.69, 9.17) is 9.47 Å². The highest BCUT2D eigenvalue weighted by Crippen LogP contribution is 2.22. The predicted octanol–water partition coefficient (Wildman–Crippen LogP) is 1.88. The van der Waals surface area contributed by atoms with Gasteiger partial charge in [0, 0.05) is 26.3 Å². The molecule has 0 radical (unpaired) electrons. The Bertz CT molecular complexity index is 812. The Kier molecular flexibility index (Phi) is 7.18. The third-order valence-corrected chi connectivity index (χ3v) is 3.40. The molecule has 0 aliphatic carbocycles. The van der Waals surface area contributed by atoms with Crippen molar-refractivity contribution < 1.29 is 19.1 Å². The van der Waals surface area contributed by atoms with Crippen LogP contribution in [0.3, 0.4) is 0 Å². The molecule has 0 saturated heterocycles. The lowest BCUT2D eigenvalue weighted by molar-refractivity contribution is 0.0520. The van der Waals surface area contributed by atoms with E-state index in [-0.39, 0.29) is 30.5 Å². The van der Waals surface area contributed by atoms with Gasteiger partial charge in [-0.3, -0.25) is 4.79 Å². The van der Waals surface area contributed by atoms with E-state index >= 15 is 0 Å². The summed E-state index contributed by atoms with van der Waals surface area (Å²) in [5.74, 6) is -0.464. The van der Waals surface area contributed by atoms with E-state index in [0.717, 1.165) is 0 Å². The van der Waals surface area contributed by atoms with Crippen LogP contribution in [0, 0.1) is 0 Å². The van der Waals surface area contributed by atoms with E-state index in [1.54, 1.807) is 50.2 Å². The first kappa shape index (κ1) is 20.2. The highest BCUT2D eigenvalue weighted by molar-refractivity contribution is 5.97. The van der Waals surface area contributed by atoms with E-state index in [1.165, 1.54) is 11.0 Å². The zero-order chi connectivity index (χ0) is 19.8. The molecule has 0 fully saturated rings. The number of benzene rings is 1. The average Bonchev–Trinajstić information content (AvgIpc) is 3.08. The monoisotopic (exact) mass is 373 g/mol. The molecule has 144 valence electrons. The number of ketones is 1. The van der Waals surface area contributed by atoms with E-state index in [0.29, 0.717) is 17.9 Å². The van der Waals surface area contributed by atoms with Gasteiger partial charge in [-0.2, -0.15) is 4.68 Å². The maximum Gasteiger partial charge on any atom is 0.362 e. The molecule has 0 atom stereocenters. The Morgan fingerprint density at radius 2 is 1.89 bits per heavy atom. The Morgan fingerprint density at radius 3 is 2.48 bits per heavy atom. The number of hydrogen-bond acceptors (Lipinski definition) is 7. The van der Waals surface area contributed by atoms with Crippen LogP contribution in [-0.2, 0) is 9.47 Å². The molecule has 1 aromatic heterocycles. The largest absolute Gasteiger partial charge is 0.461 e. The molecule has 2 rings (SSSR count). The highest BCUT2D eigenvalue weighted by atomic mass is 16.5. The molecule has 0 aliphatic heterocycles. The lowest BCUT2D eigenvalue weighted by Crippen LogP contribution is -2.10. The number of rotatable bonds is 9. The van der Waals surface area contributed by atoms with Gasteiger partial charge >= 0.3 is 5.97 Å². The second-order valence-electron chi connectivity index (χ2n) is 5.71. The maximum absolute atomic E-state index is 12.1. The molecule has 27 heavy (non-hydrogen) atoms. The van der Waals surface area contributed by atoms with Crippen molar-refractivity contribution in [1.82, 2.24) is 19.9 Å². The van der Waals surface area contributed by atoms with Crippen molar-refractivity contribution in [2.45, 2.75) is 13.8 Å². The van der Waals surface area contributed by atoms with Crippen molar-refractivity contribution >= 4 is 23.9 Å². The highest BCUT2D eigenvalue weighted by Gasteiger charge is 2.21. The topological polar surface area (TPSA) is 98.9 Å². The summed E-state index contributed by atoms with van der Waals surface area (Å²) in [6, 6.07) is 6.75. The first-order valence-electron chi connectivity index (χ1n) is 8.52. The van der Waals surface area contributed by atoms with Gasteiger partial charge in [0.1, 0.15) is 6.61 Å². The lowest BCUT2D eigenvalue weighted by atomic mass is 10.1. The summed E-state index contributed by atoms with van der Waals surface area (Å²) in [6.45, 7) is 4.28. The number of Topliss-reactive ketones (excluding diaryl/α,β-unsaturated/α-hetero) is 1. The number of hydrogen-bond donors (Lipinski definition) is 0. The van der Waals surface area contributed by atoms with Gasteiger partial charge in [0.05, 0.1) is 18.6 Å². The zero-order valence-corrected chi connectivity index (χ0v) is 15.9. The predicted molar refractivity (Wildman–Crippen MR) is 100.0 cm³/mol. The second kappa shape index (κ2) is 9.58. The molecule has 0 amide bonds. The minimum Gasteiger partial charge on any atom is -0.461 e. The fourth-order valence-corrected chi connectivity index (χ4v) is 2.13. The van der Waals surface area contributed by atoms with Crippen molar-refractivity contribution in [1.29, 1.82) is 0 Å². The average molecular weight is 373 g/mol. The van der Waals surface area contributed by atoms with Crippen molar-refractivity contribution in [3.05, 3.63) is 35.5 Å². The van der Waals surface area contributed by atoms with Crippen LogP contribution in [0.2, 0.25) is 0 Å². The number of nitrogens with zero attached hydrogens (tertiary/aromatic N) is 5. The van der Waals surface area contributed by atoms with Crippen LogP contribution < -0.4 is 0 Å². The molecule has 0 N–H and O–H groups in total. The summed E-state index contributed by atoms with van der Waals surface area (Å²) in [5, 5.41) is 7.92. The van der Waals surface area contributed by atoms with Gasteiger partial charge in [-0.25, -0.2) is 9.79 Å². The van der Waals surface area contributed by atoms with Crippen LogP contribution in [0.25, 0.3) is 5.69 Å². The van der Waals surface area contributed by atoms with Gasteiger partial charge < -0.3 is 14.4 Å². The molecule has 0 spiro atoms. The first-order chi connectivity index (χ1) is 13.0. The maximum atomic E-state index is 12.1. The summed E-state index contributed by atoms with van der Waals surface area (Å²) < 4.78 is 11.6. The second-order valence-corrected chi connectivity index (χ2v) is 5.71. The van der Waals surface area contributed by atoms with Gasteiger partial charge in [-0.15, -0.1) is 5.10 Å². The van der Waals surface area contributed by atoms with E-state index in [9.17, 15) is 9.59 Å². The van der Waals surface area contributed by atoms with Gasteiger partial charge in [-0.1, -0.05) is 5.21 Å². The molecule has 0 bridgehead atoms. The van der Waals surface area contributed by atoms with Crippen LogP contribution in [-0.4, -0.2) is 71.9 Å². The Balaban J connectivity index is 2.36. The van der Waals surface area contributed by atoms with Gasteiger partial charge in [0.15, 0.2) is 11.6 Å². The Morgan fingerprint density at radius 1 is 1.19 bits per heavy atom. The van der Waals surface area contributed by atoms with Crippen LogP contribution in [0.5, 0.6) is 0 Å². The first-order valence-corrected chi connectivity index (χ1v) is 8.52. The number of aromatic nitrogens is 3. The van der Waals surface area contributed by atoms with Crippen molar-refractivity contribution in [2.24, 2.45) is 4.99 Å². The number of carbonyl (C=O) groups excluding carboxylic acids is 2. The van der Waals surface area contributed by atoms with Crippen LogP contribution in [0.1, 0.15) is 34.7 Å². The fraction of sp³-hybridized carbons (Fsp3) is 0.389. The van der Waals surface area contributed by atoms with Gasteiger partial charge in [-0.05, 0) is 38.1 Å². The SMILES string of the molecule is CCOCC(=O)c1ccc(-n2nnc(C(=O)OCC)c2/N=C/N(C)C)cc1. The number of carbonyl (C=O) groups is 2. The molecular formula is C18H23N5O4. The van der Waals surface area contributed by atoms with Gasteiger partial charge in [0.2, 0.25) is 5.69 Å². The summed E-state index contributed by atoms with van der Waals surface area (Å²) in [4.78, 5) is 30.1. The van der Waals surface area contributed by atoms with Crippen LogP contribution >= 0.6 is 0 Å². The van der Waals surface area contributed by atoms with E-state index in [2.05, 4.69) is 15.3 Å². The summed E-state index contributed by atoms with van der Waals surface area (Å²) in [7, 11) is 3.61. The van der Waals surface area contributed by atoms with Crippen molar-refractivity contribution in [3.8, 4) is 5.69 Å². The zero-order valence-electron chi connectivity index (χ0n) is 15.9. The molecule has 0 saturated carbocycles. The standard InChI is InChI=1S/C18H23N5O4/c1-5-26-11-15(24)13-7-9-14(10-8-13)23-17(19-12-22(3)4)16(20-21-23)18(25)27-6-2/h7-10,12H,5-6,11H2,1-4H3/b19-12+. The number of esters is 1. The minimum atomic E-state index is -0.599. The molecule has 2 aromatic rings. The Labute approximate surface area is 157 Å². The van der Waals surface area contributed by atoms with E-state index in [1.807, 2.05) is 6.92 Å². The number of aliphatic imine (C=N–C) groups is 1. The molecule has 1 aromatic carbocycles. The molecular weight excluding hydrogens is 350 g/mol. The summed E-state index contributed by atoms with van der Waals surface area (Å²) in [6.07, 6.45) is 1.54. The molecule has 9 heteroatoms. The minimum absolute atomic E-state index is 0.0199. The smallest absolute Gasteiger partial charge is 0.362 e. The van der Waals surface area contributed by atoms with Gasteiger partial charge in [0.25, 0.3) is 0 Å². The van der Waals surface area contributed by atoms with Crippen LogP contribution in [0.4, 0.5) is 5.82 Å². The normalized spacial score (nSPS) is 11.0. The lowest BCUT2D eigenvalue weighted by Gasteiger charge is -2.07. The third kappa shape index (κ3) is 5.20. The quantitative estimate of drug-likeness (QED) is 0.286. The molecule has 9 nitrogen and oxygen atoms in total. The summed E-state index contributed by atoms with van der Waals surface area (Å²) in [5.41, 5.74) is 1.15. The summed E-state index contributed by atoms with van der Waals surface area (Å²) >= 11 is 0. The van der Waals surface area contributed by atoms with E-state index < -0.39 is 5.97 Å². The molecule has 0 unspecified atom stereocenters. The fourth-order valence-electron chi connectivity index (χ4n) is 2.13. The molecule has 1 heterocycles. The number of ether oxygens (including phenoxy) is 2. The third-order valence-electron chi connectivity index (χ3n) is 3.40. The molecule has 0 aliphatic rings. The van der Waals surface area contributed by atoms with Crippen LogP contribution in [0.15, 0.2) is 29.3 Å². The van der Waals surface area contributed by atoms with Crippen molar-refractivity contribution in [3.63, 3.8) is 0 Å².